The maximum atomic E-state index is 13.0. The molecule has 134 valence electrons. The number of rotatable bonds is 3. The van der Waals surface area contributed by atoms with Gasteiger partial charge in [-0.2, -0.15) is 0 Å². The number of fused-ring (bicyclic) bond motifs is 3. The Hall–Kier alpha value is -2.54. The third-order valence-corrected chi connectivity index (χ3v) is 6.29. The summed E-state index contributed by atoms with van der Waals surface area (Å²) in [5.41, 5.74) is 2.24. The van der Waals surface area contributed by atoms with Crippen molar-refractivity contribution in [2.24, 2.45) is 0 Å². The van der Waals surface area contributed by atoms with Gasteiger partial charge in [0.05, 0.1) is 19.0 Å². The van der Waals surface area contributed by atoms with E-state index in [1.807, 2.05) is 38.1 Å². The Kier molecular flexibility index (Phi) is 3.91. The second-order valence-electron chi connectivity index (χ2n) is 6.85. The molecule has 0 radical (unpaired) electrons. The van der Waals surface area contributed by atoms with Gasteiger partial charge >= 0.3 is 0 Å². The molecule has 1 aromatic carbocycles. The number of carbonyl (C=O) groups excluding carboxylic acids is 2. The number of amides is 2. The van der Waals surface area contributed by atoms with Gasteiger partial charge in [0.2, 0.25) is 11.8 Å². The lowest BCUT2D eigenvalue weighted by Gasteiger charge is -2.29. The molecule has 3 heterocycles. The number of hydrogen-bond acceptors (Lipinski definition) is 5. The zero-order valence-corrected chi connectivity index (χ0v) is 15.5. The van der Waals surface area contributed by atoms with Crippen LogP contribution < -0.4 is 10.1 Å². The summed E-state index contributed by atoms with van der Waals surface area (Å²) >= 11 is 1.65. The van der Waals surface area contributed by atoms with Crippen LogP contribution in [0.15, 0.2) is 42.6 Å². The van der Waals surface area contributed by atoms with Gasteiger partial charge in [-0.15, -0.1) is 11.8 Å². The summed E-state index contributed by atoms with van der Waals surface area (Å²) in [5.74, 6) is 0.180. The zero-order chi connectivity index (χ0) is 18.5. The molecule has 2 aromatic rings. The van der Waals surface area contributed by atoms with Gasteiger partial charge in [-0.05, 0) is 31.5 Å². The van der Waals surface area contributed by atoms with Crippen molar-refractivity contribution in [1.29, 1.82) is 0 Å². The Morgan fingerprint density at radius 2 is 2.04 bits per heavy atom. The second-order valence-corrected chi connectivity index (χ2v) is 8.59. The molecule has 0 spiro atoms. The standard InChI is InChI=1S/C19H19N3O3S/c1-19(2)15(16(23)21-11-8-9-14(25-3)20-10-11)22-17(24)12-6-4-5-7-13(12)18(22)26-19/h4-10,15,18H,1-3H3,(H,21,23)/t15-,18+/m1/s1. The highest BCUT2D eigenvalue weighted by molar-refractivity contribution is 8.01. The molecule has 0 saturated carbocycles. The Balaban J connectivity index is 1.63. The molecule has 1 aromatic heterocycles. The van der Waals surface area contributed by atoms with E-state index in [2.05, 4.69) is 10.3 Å². The van der Waals surface area contributed by atoms with Crippen LogP contribution in [0.3, 0.4) is 0 Å². The molecule has 2 aliphatic rings. The molecule has 4 rings (SSSR count). The number of methoxy groups -OCH3 is 1. The third-order valence-electron chi connectivity index (χ3n) is 4.76. The fourth-order valence-corrected chi connectivity index (χ4v) is 5.18. The normalized spacial score (nSPS) is 22.7. The number of hydrogen-bond donors (Lipinski definition) is 1. The van der Waals surface area contributed by atoms with E-state index in [9.17, 15) is 9.59 Å². The number of aromatic nitrogens is 1. The van der Waals surface area contributed by atoms with E-state index in [1.165, 1.54) is 7.11 Å². The summed E-state index contributed by atoms with van der Waals surface area (Å²) in [6.07, 6.45) is 1.55. The molecule has 2 aliphatic heterocycles. The lowest BCUT2D eigenvalue weighted by atomic mass is 10.0. The van der Waals surface area contributed by atoms with Gasteiger partial charge in [-0.1, -0.05) is 18.2 Å². The molecule has 1 saturated heterocycles. The molecule has 0 aliphatic carbocycles. The molecule has 6 nitrogen and oxygen atoms in total. The Morgan fingerprint density at radius 3 is 2.73 bits per heavy atom. The summed E-state index contributed by atoms with van der Waals surface area (Å²) in [5, 5.41) is 2.76. The van der Waals surface area contributed by atoms with E-state index in [0.29, 0.717) is 17.1 Å². The predicted molar refractivity (Wildman–Crippen MR) is 100 cm³/mol. The Labute approximate surface area is 155 Å². The van der Waals surface area contributed by atoms with Crippen molar-refractivity contribution in [2.75, 3.05) is 12.4 Å². The van der Waals surface area contributed by atoms with Crippen molar-refractivity contribution in [3.05, 3.63) is 53.7 Å². The molecule has 1 N–H and O–H groups in total. The first-order chi connectivity index (χ1) is 12.4. The van der Waals surface area contributed by atoms with E-state index in [4.69, 9.17) is 4.74 Å². The summed E-state index contributed by atoms with van der Waals surface area (Å²) in [6.45, 7) is 4.00. The van der Waals surface area contributed by atoms with Gasteiger partial charge in [0.1, 0.15) is 11.4 Å². The van der Waals surface area contributed by atoms with Crippen molar-refractivity contribution in [3.8, 4) is 5.88 Å². The predicted octanol–water partition coefficient (Wildman–Crippen LogP) is 3.08. The minimum Gasteiger partial charge on any atom is -0.481 e. The fourth-order valence-electron chi connectivity index (χ4n) is 3.59. The first-order valence-corrected chi connectivity index (χ1v) is 9.20. The van der Waals surface area contributed by atoms with Crippen LogP contribution >= 0.6 is 11.8 Å². The van der Waals surface area contributed by atoms with E-state index < -0.39 is 10.8 Å². The Bertz CT molecular complexity index is 882. The molecular weight excluding hydrogens is 350 g/mol. The number of benzene rings is 1. The molecule has 1 fully saturated rings. The van der Waals surface area contributed by atoms with Crippen LogP contribution in [-0.4, -0.2) is 39.6 Å². The van der Waals surface area contributed by atoms with Gasteiger partial charge in [-0.3, -0.25) is 9.59 Å². The van der Waals surface area contributed by atoms with Crippen LogP contribution in [0.1, 0.15) is 35.1 Å². The molecule has 0 unspecified atom stereocenters. The quantitative estimate of drug-likeness (QED) is 0.900. The van der Waals surface area contributed by atoms with Crippen molar-refractivity contribution < 1.29 is 14.3 Å². The first-order valence-electron chi connectivity index (χ1n) is 8.32. The zero-order valence-electron chi connectivity index (χ0n) is 14.7. The van der Waals surface area contributed by atoms with Crippen LogP contribution in [0, 0.1) is 0 Å². The number of thioether (sulfide) groups is 1. The maximum absolute atomic E-state index is 13.0. The smallest absolute Gasteiger partial charge is 0.256 e. The molecule has 26 heavy (non-hydrogen) atoms. The number of carbonyl (C=O) groups is 2. The average molecular weight is 369 g/mol. The summed E-state index contributed by atoms with van der Waals surface area (Å²) in [6, 6.07) is 10.4. The van der Waals surface area contributed by atoms with Crippen molar-refractivity contribution in [1.82, 2.24) is 9.88 Å². The molecule has 7 heteroatoms. The van der Waals surface area contributed by atoms with Gasteiger partial charge in [0.15, 0.2) is 0 Å². The fraction of sp³-hybridized carbons (Fsp3) is 0.316. The van der Waals surface area contributed by atoms with Gasteiger partial charge in [0.25, 0.3) is 5.91 Å². The minimum absolute atomic E-state index is 0.0864. The lowest BCUT2D eigenvalue weighted by molar-refractivity contribution is -0.121. The molecule has 2 amide bonds. The van der Waals surface area contributed by atoms with Gasteiger partial charge in [-0.25, -0.2) is 4.98 Å². The summed E-state index contributed by atoms with van der Waals surface area (Å²) in [7, 11) is 1.54. The van der Waals surface area contributed by atoms with Crippen LogP contribution in [0.4, 0.5) is 5.69 Å². The maximum Gasteiger partial charge on any atom is 0.256 e. The number of ether oxygens (including phenoxy) is 1. The first kappa shape index (κ1) is 16.9. The second kappa shape index (κ2) is 6.02. The van der Waals surface area contributed by atoms with Crippen LogP contribution in [0.5, 0.6) is 5.88 Å². The van der Waals surface area contributed by atoms with Crippen LogP contribution in [0.2, 0.25) is 0 Å². The van der Waals surface area contributed by atoms with E-state index in [-0.39, 0.29) is 17.2 Å². The highest BCUT2D eigenvalue weighted by Crippen LogP contribution is 2.56. The van der Waals surface area contributed by atoms with Crippen LogP contribution in [0.25, 0.3) is 0 Å². The van der Waals surface area contributed by atoms with Gasteiger partial charge < -0.3 is 15.0 Å². The molecular formula is C19H19N3O3S. The highest BCUT2D eigenvalue weighted by atomic mass is 32.2. The topological polar surface area (TPSA) is 71.5 Å². The van der Waals surface area contributed by atoms with Crippen LogP contribution in [-0.2, 0) is 4.79 Å². The third kappa shape index (κ3) is 2.54. The summed E-state index contributed by atoms with van der Waals surface area (Å²) in [4.78, 5) is 31.8. The van der Waals surface area contributed by atoms with Crippen molar-refractivity contribution in [2.45, 2.75) is 30.0 Å². The van der Waals surface area contributed by atoms with Crippen molar-refractivity contribution >= 4 is 29.3 Å². The Morgan fingerprint density at radius 1 is 1.27 bits per heavy atom. The number of pyridine rings is 1. The number of nitrogens with zero attached hydrogens (tertiary/aromatic N) is 2. The van der Waals surface area contributed by atoms with Crippen molar-refractivity contribution in [3.63, 3.8) is 0 Å². The largest absolute Gasteiger partial charge is 0.481 e. The van der Waals surface area contributed by atoms with E-state index in [1.54, 1.807) is 35.0 Å². The number of nitrogens with one attached hydrogen (secondary N) is 1. The van der Waals surface area contributed by atoms with E-state index >= 15 is 0 Å². The minimum atomic E-state index is -0.570. The number of anilines is 1. The monoisotopic (exact) mass is 369 g/mol. The van der Waals surface area contributed by atoms with Gasteiger partial charge in [0, 0.05) is 16.4 Å². The summed E-state index contributed by atoms with van der Waals surface area (Å²) < 4.78 is 4.63. The lowest BCUT2D eigenvalue weighted by Crippen LogP contribution is -2.50. The average Bonchev–Trinajstić information content (AvgIpc) is 3.06. The van der Waals surface area contributed by atoms with E-state index in [0.717, 1.165) is 5.56 Å². The molecule has 0 bridgehead atoms. The molecule has 2 atom stereocenters. The SMILES string of the molecule is COc1ccc(NC(=O)[C@H]2N3C(=O)c4ccccc4[C@@H]3SC2(C)C)cn1. The highest BCUT2D eigenvalue weighted by Gasteiger charge is 2.57.